The number of carbonyl (C=O) groups excluding carboxylic acids is 2. The number of nitrogens with zero attached hydrogens (tertiary/aromatic N) is 2. The third-order valence-electron chi connectivity index (χ3n) is 6.49. The molecule has 10 heteroatoms. The minimum absolute atomic E-state index is 0.0421. The van der Waals surface area contributed by atoms with Crippen LogP contribution in [-0.4, -0.2) is 82.9 Å². The summed E-state index contributed by atoms with van der Waals surface area (Å²) in [6, 6.07) is 10.9. The van der Waals surface area contributed by atoms with Crippen LogP contribution in [0.1, 0.15) is 54.0 Å². The van der Waals surface area contributed by atoms with Crippen LogP contribution in [0.2, 0.25) is 0 Å². The molecule has 2 aromatic rings. The van der Waals surface area contributed by atoms with E-state index in [9.17, 15) is 19.5 Å². The van der Waals surface area contributed by atoms with E-state index in [0.717, 1.165) is 5.56 Å². The van der Waals surface area contributed by atoms with Crippen molar-refractivity contribution in [3.8, 4) is 5.75 Å². The SMILES string of the molecule is CC(C)NC(=O)Nc1ccc2c(c1)C(=O)N([C@@H](C)CO)C[C@H](C)[C@H](CN(C)Cc1ccc(C(=O)O)cc1)O2. The van der Waals surface area contributed by atoms with Gasteiger partial charge in [0.25, 0.3) is 5.91 Å². The minimum Gasteiger partial charge on any atom is -0.488 e. The van der Waals surface area contributed by atoms with Gasteiger partial charge in [-0.3, -0.25) is 9.69 Å². The molecule has 206 valence electrons. The Labute approximate surface area is 223 Å². The Hall–Kier alpha value is -3.63. The van der Waals surface area contributed by atoms with E-state index >= 15 is 0 Å². The van der Waals surface area contributed by atoms with E-state index < -0.39 is 12.0 Å². The zero-order chi connectivity index (χ0) is 28.0. The van der Waals surface area contributed by atoms with E-state index in [4.69, 9.17) is 9.84 Å². The number of ether oxygens (including phenoxy) is 1. The summed E-state index contributed by atoms with van der Waals surface area (Å²) in [5.74, 6) is -0.870. The molecule has 0 aromatic heterocycles. The van der Waals surface area contributed by atoms with Crippen LogP contribution in [0, 0.1) is 5.92 Å². The maximum absolute atomic E-state index is 13.6. The highest BCUT2D eigenvalue weighted by Gasteiger charge is 2.33. The molecule has 1 heterocycles. The van der Waals surface area contributed by atoms with Gasteiger partial charge in [-0.15, -0.1) is 0 Å². The molecule has 0 bridgehead atoms. The van der Waals surface area contributed by atoms with E-state index in [1.807, 2.05) is 27.8 Å². The second kappa shape index (κ2) is 12.7. The number of hydrogen-bond donors (Lipinski definition) is 4. The lowest BCUT2D eigenvalue weighted by atomic mass is 9.99. The number of carbonyl (C=O) groups is 3. The predicted molar refractivity (Wildman–Crippen MR) is 145 cm³/mol. The summed E-state index contributed by atoms with van der Waals surface area (Å²) < 4.78 is 6.41. The fourth-order valence-corrected chi connectivity index (χ4v) is 4.38. The van der Waals surface area contributed by atoms with Crippen LogP contribution >= 0.6 is 0 Å². The fraction of sp³-hybridized carbons (Fsp3) is 0.464. The van der Waals surface area contributed by atoms with Crippen molar-refractivity contribution < 1.29 is 29.3 Å². The topological polar surface area (TPSA) is 131 Å². The quantitative estimate of drug-likeness (QED) is 0.394. The molecule has 1 aliphatic heterocycles. The minimum atomic E-state index is -0.963. The summed E-state index contributed by atoms with van der Waals surface area (Å²) in [4.78, 5) is 40.6. The Morgan fingerprint density at radius 1 is 1.16 bits per heavy atom. The van der Waals surface area contributed by atoms with Crippen LogP contribution in [-0.2, 0) is 6.54 Å². The van der Waals surface area contributed by atoms with Gasteiger partial charge in [0.15, 0.2) is 0 Å². The summed E-state index contributed by atoms with van der Waals surface area (Å²) in [5, 5.41) is 24.5. The van der Waals surface area contributed by atoms with Gasteiger partial charge >= 0.3 is 12.0 Å². The Bertz CT molecular complexity index is 1140. The summed E-state index contributed by atoms with van der Waals surface area (Å²) in [6.45, 7) is 8.87. The molecule has 0 unspecified atom stereocenters. The number of fused-ring (bicyclic) bond motifs is 1. The van der Waals surface area contributed by atoms with E-state index in [-0.39, 0.29) is 42.2 Å². The van der Waals surface area contributed by atoms with Crippen LogP contribution < -0.4 is 15.4 Å². The van der Waals surface area contributed by atoms with Gasteiger partial charge in [-0.2, -0.15) is 0 Å². The summed E-state index contributed by atoms with van der Waals surface area (Å²) in [7, 11) is 1.96. The van der Waals surface area contributed by atoms with Crippen molar-refractivity contribution in [3.05, 3.63) is 59.2 Å². The van der Waals surface area contributed by atoms with Crippen LogP contribution in [0.15, 0.2) is 42.5 Å². The number of rotatable bonds is 9. The number of hydrogen-bond acceptors (Lipinski definition) is 6. The maximum atomic E-state index is 13.6. The largest absolute Gasteiger partial charge is 0.488 e. The van der Waals surface area contributed by atoms with Crippen molar-refractivity contribution in [2.24, 2.45) is 5.92 Å². The highest BCUT2D eigenvalue weighted by Crippen LogP contribution is 2.30. The maximum Gasteiger partial charge on any atom is 0.335 e. The van der Waals surface area contributed by atoms with Crippen molar-refractivity contribution in [1.82, 2.24) is 15.1 Å². The Kier molecular flexibility index (Phi) is 9.71. The van der Waals surface area contributed by atoms with Gasteiger partial charge in [-0.1, -0.05) is 19.1 Å². The number of aliphatic hydroxyl groups excluding tert-OH is 1. The molecule has 0 saturated heterocycles. The summed E-state index contributed by atoms with van der Waals surface area (Å²) in [6.07, 6.45) is -0.276. The molecule has 4 N–H and O–H groups in total. The summed E-state index contributed by atoms with van der Waals surface area (Å²) >= 11 is 0. The van der Waals surface area contributed by atoms with Crippen molar-refractivity contribution in [2.75, 3.05) is 32.1 Å². The first kappa shape index (κ1) is 28.9. The smallest absolute Gasteiger partial charge is 0.335 e. The Morgan fingerprint density at radius 2 is 1.84 bits per heavy atom. The zero-order valence-corrected chi connectivity index (χ0v) is 22.6. The molecular formula is C28H38N4O6. The molecular weight excluding hydrogens is 488 g/mol. The number of benzene rings is 2. The number of likely N-dealkylation sites (N-methyl/N-ethyl adjacent to an activating group) is 1. The first-order valence-corrected chi connectivity index (χ1v) is 12.8. The standard InChI is InChI=1S/C28H38N4O6/c1-17(2)29-28(37)30-22-10-11-24-23(12-22)26(34)32(19(4)16-33)13-18(3)25(38-24)15-31(5)14-20-6-8-21(9-7-20)27(35)36/h6-12,17-19,25,33H,13-16H2,1-5H3,(H,35,36)(H2,29,30,37)/t18-,19-,25-/m0/s1. The fourth-order valence-electron chi connectivity index (χ4n) is 4.38. The molecule has 3 atom stereocenters. The molecule has 0 fully saturated rings. The number of carboxylic acid groups (broad SMARTS) is 1. The van der Waals surface area contributed by atoms with E-state index in [1.165, 1.54) is 0 Å². The van der Waals surface area contributed by atoms with Gasteiger partial charge < -0.3 is 30.5 Å². The van der Waals surface area contributed by atoms with E-state index in [0.29, 0.717) is 36.6 Å². The molecule has 38 heavy (non-hydrogen) atoms. The molecule has 0 aliphatic carbocycles. The number of aromatic carboxylic acids is 1. The lowest BCUT2D eigenvalue weighted by Gasteiger charge is -2.38. The van der Waals surface area contributed by atoms with Gasteiger partial charge in [-0.05, 0) is 63.7 Å². The first-order valence-electron chi connectivity index (χ1n) is 12.8. The van der Waals surface area contributed by atoms with Gasteiger partial charge in [0.05, 0.1) is 23.8 Å². The van der Waals surface area contributed by atoms with Crippen molar-refractivity contribution in [3.63, 3.8) is 0 Å². The Balaban J connectivity index is 1.84. The molecule has 3 amide bonds. The number of aliphatic hydroxyl groups is 1. The Morgan fingerprint density at radius 3 is 2.45 bits per heavy atom. The third kappa shape index (κ3) is 7.45. The molecule has 10 nitrogen and oxygen atoms in total. The second-order valence-electron chi connectivity index (χ2n) is 10.3. The van der Waals surface area contributed by atoms with Crippen LogP contribution in [0.3, 0.4) is 0 Å². The number of amides is 3. The van der Waals surface area contributed by atoms with Gasteiger partial charge in [0.1, 0.15) is 11.9 Å². The van der Waals surface area contributed by atoms with Gasteiger partial charge in [0, 0.05) is 37.3 Å². The molecule has 0 saturated carbocycles. The average molecular weight is 527 g/mol. The number of carboxylic acids is 1. The van der Waals surface area contributed by atoms with Crippen molar-refractivity contribution >= 4 is 23.6 Å². The molecule has 2 aromatic carbocycles. The number of urea groups is 1. The predicted octanol–water partition coefficient (Wildman–Crippen LogP) is 3.27. The lowest BCUT2D eigenvalue weighted by molar-refractivity contribution is 0.0341. The van der Waals surface area contributed by atoms with Crippen molar-refractivity contribution in [2.45, 2.75) is 52.4 Å². The number of anilines is 1. The monoisotopic (exact) mass is 526 g/mol. The van der Waals surface area contributed by atoms with E-state index in [2.05, 4.69) is 15.5 Å². The molecule has 0 spiro atoms. The average Bonchev–Trinajstić information content (AvgIpc) is 2.85. The molecule has 3 rings (SSSR count). The van der Waals surface area contributed by atoms with Crippen LogP contribution in [0.25, 0.3) is 0 Å². The third-order valence-corrected chi connectivity index (χ3v) is 6.49. The number of nitrogens with one attached hydrogen (secondary N) is 2. The van der Waals surface area contributed by atoms with Gasteiger partial charge in [-0.25, -0.2) is 9.59 Å². The first-order chi connectivity index (χ1) is 18.0. The van der Waals surface area contributed by atoms with Gasteiger partial charge in [0.2, 0.25) is 0 Å². The second-order valence-corrected chi connectivity index (χ2v) is 10.3. The normalized spacial score (nSPS) is 18.3. The van der Waals surface area contributed by atoms with Crippen LogP contribution in [0.5, 0.6) is 5.75 Å². The lowest BCUT2D eigenvalue weighted by Crippen LogP contribution is -2.49. The van der Waals surface area contributed by atoms with E-state index in [1.54, 1.807) is 54.3 Å². The summed E-state index contributed by atoms with van der Waals surface area (Å²) in [5.41, 5.74) is 1.99. The van der Waals surface area contributed by atoms with Crippen molar-refractivity contribution in [1.29, 1.82) is 0 Å². The highest BCUT2D eigenvalue weighted by atomic mass is 16.5. The van der Waals surface area contributed by atoms with Crippen LogP contribution in [0.4, 0.5) is 10.5 Å². The highest BCUT2D eigenvalue weighted by molar-refractivity contribution is 5.99. The molecule has 1 aliphatic rings. The zero-order valence-electron chi connectivity index (χ0n) is 22.6. The molecule has 0 radical (unpaired) electrons.